The molecular formula is C52H66. The first kappa shape index (κ1) is 32.2. The zero-order valence-corrected chi connectivity index (χ0v) is 33.2. The molecule has 0 spiro atoms. The van der Waals surface area contributed by atoms with Crippen molar-refractivity contribution >= 4 is 0 Å². The second-order valence-corrected chi connectivity index (χ2v) is 23.1. The fourth-order valence-corrected chi connectivity index (χ4v) is 17.4. The van der Waals surface area contributed by atoms with Crippen molar-refractivity contribution in [2.75, 3.05) is 0 Å². The van der Waals surface area contributed by atoms with E-state index in [-0.39, 0.29) is 10.8 Å². The van der Waals surface area contributed by atoms with Crippen LogP contribution in [0.15, 0.2) is 59.2 Å². The average molecular weight is 691 g/mol. The van der Waals surface area contributed by atoms with Crippen molar-refractivity contribution in [3.8, 4) is 11.1 Å². The number of fused-ring (bicyclic) bond motifs is 3. The summed E-state index contributed by atoms with van der Waals surface area (Å²) in [6, 6.07) is 16.6. The summed E-state index contributed by atoms with van der Waals surface area (Å²) in [6.45, 7) is 10.2. The average Bonchev–Trinajstić information content (AvgIpc) is 3.78. The Morgan fingerprint density at radius 2 is 1.04 bits per heavy atom. The number of hydrogen-bond donors (Lipinski definition) is 0. The summed E-state index contributed by atoms with van der Waals surface area (Å²) in [5.74, 6) is 8.11. The smallest absolute Gasteiger partial charge is 0.0196 e. The number of allylic oxidation sites excluding steroid dienone is 4. The predicted molar refractivity (Wildman–Crippen MR) is 215 cm³/mol. The second-order valence-electron chi connectivity index (χ2n) is 23.1. The summed E-state index contributed by atoms with van der Waals surface area (Å²) in [6.07, 6.45) is 30.7. The second kappa shape index (κ2) is 10.8. The minimum absolute atomic E-state index is 0.162. The van der Waals surface area contributed by atoms with Crippen LogP contribution < -0.4 is 0 Å². The van der Waals surface area contributed by atoms with Gasteiger partial charge in [-0.05, 0) is 205 Å². The Kier molecular flexibility index (Phi) is 6.69. The largest absolute Gasteiger partial charge is 0.0605 e. The minimum atomic E-state index is 0.162. The molecule has 0 radical (unpaired) electrons. The van der Waals surface area contributed by atoms with Crippen molar-refractivity contribution in [2.45, 2.75) is 166 Å². The molecule has 14 rings (SSSR count). The van der Waals surface area contributed by atoms with E-state index in [1.54, 1.807) is 44.5 Å². The Morgan fingerprint density at radius 3 is 1.48 bits per heavy atom. The number of benzene rings is 2. The molecule has 0 amide bonds. The molecule has 0 saturated heterocycles. The molecule has 0 nitrogen and oxygen atoms in total. The molecule has 274 valence electrons. The van der Waals surface area contributed by atoms with Crippen LogP contribution >= 0.6 is 0 Å². The van der Waals surface area contributed by atoms with Crippen LogP contribution in [-0.2, 0) is 10.8 Å². The van der Waals surface area contributed by atoms with E-state index in [1.807, 2.05) is 5.57 Å². The Hall–Kier alpha value is -2.08. The van der Waals surface area contributed by atoms with Gasteiger partial charge in [0.05, 0.1) is 0 Å². The predicted octanol–water partition coefficient (Wildman–Crippen LogP) is 14.0. The first-order valence-corrected chi connectivity index (χ1v) is 22.8. The summed E-state index contributed by atoms with van der Waals surface area (Å²) >= 11 is 0. The van der Waals surface area contributed by atoms with Gasteiger partial charge >= 0.3 is 0 Å². The zero-order chi connectivity index (χ0) is 34.8. The van der Waals surface area contributed by atoms with Gasteiger partial charge in [0.15, 0.2) is 0 Å². The Bertz CT molecular complexity index is 1730. The molecule has 8 bridgehead atoms. The van der Waals surface area contributed by atoms with E-state index in [1.165, 1.54) is 122 Å². The molecule has 2 atom stereocenters. The van der Waals surface area contributed by atoms with Crippen LogP contribution in [0.5, 0.6) is 0 Å². The molecule has 2 aromatic carbocycles. The maximum atomic E-state index is 2.85. The Balaban J connectivity index is 1.01. The summed E-state index contributed by atoms with van der Waals surface area (Å²) in [5.41, 5.74) is 16.9. The Morgan fingerprint density at radius 1 is 0.577 bits per heavy atom. The lowest BCUT2D eigenvalue weighted by atomic mass is 9.48. The molecule has 0 aromatic heterocycles. The summed E-state index contributed by atoms with van der Waals surface area (Å²) < 4.78 is 0. The van der Waals surface area contributed by atoms with Gasteiger partial charge in [-0.15, -0.1) is 0 Å². The topological polar surface area (TPSA) is 0 Å². The highest BCUT2D eigenvalue weighted by molar-refractivity contribution is 5.82. The third kappa shape index (κ3) is 4.51. The number of rotatable bonds is 4. The quantitative estimate of drug-likeness (QED) is 0.300. The number of hydrogen-bond acceptors (Lipinski definition) is 0. The van der Waals surface area contributed by atoms with Crippen molar-refractivity contribution in [3.63, 3.8) is 0 Å². The van der Waals surface area contributed by atoms with Crippen LogP contribution in [0, 0.1) is 58.2 Å². The lowest BCUT2D eigenvalue weighted by Crippen LogP contribution is -2.48. The standard InChI is InChI=1S/C52H66/c1-49(2,3)40-22-45-46(37-8-6-5-7-9-37)30-50(4,47(45)23-40)48-41-12-10-38(51-24-31-14-32(25-51)16-33(15-31)26-51)20-43(41)44-21-39(11-13-42(44)48)52-27-34-17-35(28-52)19-36(18-34)29-52/h10-13,20-21,23,31-37,46,48H,5-9,14-19,22,24-30H2,1-4H3. The SMILES string of the molecule is CC(C)(C)C1=CC2=C(C1)C(C1CCCCC1)CC2(C)C1c2ccc(C34CC5CC(CC(C5)C3)C4)cc2-c2cc(C34CC5CC(CC(C5)C3)C4)ccc21. The lowest BCUT2D eigenvalue weighted by molar-refractivity contribution is -0.00534. The van der Waals surface area contributed by atoms with Crippen molar-refractivity contribution in [1.29, 1.82) is 0 Å². The van der Waals surface area contributed by atoms with Gasteiger partial charge in [0.25, 0.3) is 0 Å². The van der Waals surface area contributed by atoms with Crippen molar-refractivity contribution in [2.24, 2.45) is 58.2 Å². The van der Waals surface area contributed by atoms with E-state index in [2.05, 4.69) is 70.2 Å². The fraction of sp³-hybridized carbons (Fsp3) is 0.692. The molecule has 0 aliphatic heterocycles. The van der Waals surface area contributed by atoms with Crippen LogP contribution in [0.2, 0.25) is 0 Å². The maximum absolute atomic E-state index is 2.85. The van der Waals surface area contributed by atoms with Gasteiger partial charge in [-0.2, -0.15) is 0 Å². The first-order chi connectivity index (χ1) is 25.1. The third-order valence-electron chi connectivity index (χ3n) is 18.9. The highest BCUT2D eigenvalue weighted by Gasteiger charge is 2.56. The molecule has 2 unspecified atom stereocenters. The lowest BCUT2D eigenvalue weighted by Gasteiger charge is -2.57. The molecule has 9 fully saturated rings. The molecule has 0 N–H and O–H groups in total. The van der Waals surface area contributed by atoms with E-state index in [9.17, 15) is 0 Å². The maximum Gasteiger partial charge on any atom is 0.0196 e. The molecular weight excluding hydrogens is 625 g/mol. The molecule has 0 heteroatoms. The minimum Gasteiger partial charge on any atom is -0.0605 e. The van der Waals surface area contributed by atoms with Crippen LogP contribution in [0.4, 0.5) is 0 Å². The highest BCUT2D eigenvalue weighted by Crippen LogP contribution is 2.68. The van der Waals surface area contributed by atoms with E-state index in [4.69, 9.17) is 0 Å². The summed E-state index contributed by atoms with van der Waals surface area (Å²) in [7, 11) is 0. The molecule has 9 saturated carbocycles. The Labute approximate surface area is 316 Å². The summed E-state index contributed by atoms with van der Waals surface area (Å²) in [5, 5.41) is 0. The van der Waals surface area contributed by atoms with Gasteiger partial charge in [0, 0.05) is 11.3 Å². The first-order valence-electron chi connectivity index (χ1n) is 22.8. The third-order valence-corrected chi connectivity index (χ3v) is 18.9. The van der Waals surface area contributed by atoms with Crippen LogP contribution in [-0.4, -0.2) is 0 Å². The monoisotopic (exact) mass is 691 g/mol. The molecule has 12 aliphatic rings. The van der Waals surface area contributed by atoms with Gasteiger partial charge < -0.3 is 0 Å². The van der Waals surface area contributed by atoms with Crippen LogP contribution in [0.3, 0.4) is 0 Å². The van der Waals surface area contributed by atoms with Crippen LogP contribution in [0.1, 0.15) is 178 Å². The van der Waals surface area contributed by atoms with Gasteiger partial charge in [0.1, 0.15) is 0 Å². The zero-order valence-electron chi connectivity index (χ0n) is 33.2. The van der Waals surface area contributed by atoms with E-state index < -0.39 is 0 Å². The van der Waals surface area contributed by atoms with Crippen LogP contribution in [0.25, 0.3) is 11.1 Å². The van der Waals surface area contributed by atoms with Crippen molar-refractivity contribution in [1.82, 2.24) is 0 Å². The van der Waals surface area contributed by atoms with Gasteiger partial charge in [-0.3, -0.25) is 0 Å². The van der Waals surface area contributed by atoms with E-state index in [0.717, 1.165) is 47.3 Å². The molecule has 52 heavy (non-hydrogen) atoms. The van der Waals surface area contributed by atoms with E-state index in [0.29, 0.717) is 16.7 Å². The molecule has 0 heterocycles. The van der Waals surface area contributed by atoms with Crippen molar-refractivity contribution < 1.29 is 0 Å². The molecule has 12 aliphatic carbocycles. The van der Waals surface area contributed by atoms with E-state index >= 15 is 0 Å². The van der Waals surface area contributed by atoms with Gasteiger partial charge in [-0.1, -0.05) is 101 Å². The fourth-order valence-electron chi connectivity index (χ4n) is 17.4. The highest BCUT2D eigenvalue weighted by atomic mass is 14.6. The summed E-state index contributed by atoms with van der Waals surface area (Å²) in [4.78, 5) is 0. The van der Waals surface area contributed by atoms with Crippen molar-refractivity contribution in [3.05, 3.63) is 81.4 Å². The van der Waals surface area contributed by atoms with Gasteiger partial charge in [0.2, 0.25) is 0 Å². The van der Waals surface area contributed by atoms with Gasteiger partial charge in [-0.25, -0.2) is 0 Å². The molecule has 2 aromatic rings. The normalized spacial score (nSPS) is 44.0.